The summed E-state index contributed by atoms with van der Waals surface area (Å²) in [5.74, 6) is 2.05. The number of amides is 1. The minimum absolute atomic E-state index is 0.271. The van der Waals surface area contributed by atoms with Gasteiger partial charge >= 0.3 is 0 Å². The summed E-state index contributed by atoms with van der Waals surface area (Å²) in [5, 5.41) is 6.79. The third-order valence-corrected chi connectivity index (χ3v) is 4.41. The number of aromatic nitrogens is 1. The number of ether oxygens (including phenoxy) is 3. The van der Waals surface area contributed by atoms with E-state index in [-0.39, 0.29) is 5.91 Å². The highest BCUT2D eigenvalue weighted by atomic mass is 16.5. The second-order valence-electron chi connectivity index (χ2n) is 6.34. The van der Waals surface area contributed by atoms with Gasteiger partial charge in [0, 0.05) is 5.56 Å². The van der Waals surface area contributed by atoms with Gasteiger partial charge in [-0.25, -0.2) is 0 Å². The number of carbonyl (C=O) groups excluding carboxylic acids is 1. The maximum Gasteiger partial charge on any atom is 0.255 e. The number of rotatable bonds is 8. The molecule has 152 valence electrons. The molecule has 0 aliphatic rings. The number of benzene rings is 2. The topological polar surface area (TPSA) is 82.8 Å². The summed E-state index contributed by atoms with van der Waals surface area (Å²) in [6.45, 7) is 6.40. The fraction of sp³-hybridized carbons (Fsp3) is 0.273. The summed E-state index contributed by atoms with van der Waals surface area (Å²) in [4.78, 5) is 12.7. The Bertz CT molecular complexity index is 977. The van der Waals surface area contributed by atoms with Crippen LogP contribution < -0.4 is 19.5 Å². The normalized spacial score (nSPS) is 10.5. The molecule has 0 spiro atoms. The largest absolute Gasteiger partial charge is 0.493 e. The zero-order valence-electron chi connectivity index (χ0n) is 16.9. The van der Waals surface area contributed by atoms with Crippen LogP contribution in [0.1, 0.15) is 34.3 Å². The van der Waals surface area contributed by atoms with Gasteiger partial charge in [-0.3, -0.25) is 4.79 Å². The van der Waals surface area contributed by atoms with Gasteiger partial charge in [-0.1, -0.05) is 17.3 Å². The van der Waals surface area contributed by atoms with Crippen molar-refractivity contribution in [2.75, 3.05) is 19.0 Å². The van der Waals surface area contributed by atoms with Crippen LogP contribution in [0.3, 0.4) is 0 Å². The van der Waals surface area contributed by atoms with E-state index in [1.54, 1.807) is 24.3 Å². The molecule has 0 atom stereocenters. The smallest absolute Gasteiger partial charge is 0.255 e. The molecule has 0 radical (unpaired) electrons. The van der Waals surface area contributed by atoms with E-state index in [9.17, 15) is 4.79 Å². The van der Waals surface area contributed by atoms with E-state index < -0.39 is 0 Å². The fourth-order valence-corrected chi connectivity index (χ4v) is 2.83. The Morgan fingerprint density at radius 2 is 1.86 bits per heavy atom. The van der Waals surface area contributed by atoms with E-state index in [0.29, 0.717) is 47.5 Å². The first-order valence-corrected chi connectivity index (χ1v) is 9.29. The van der Waals surface area contributed by atoms with Crippen molar-refractivity contribution < 1.29 is 23.5 Å². The van der Waals surface area contributed by atoms with Crippen LogP contribution in [-0.2, 0) is 6.61 Å². The quantitative estimate of drug-likeness (QED) is 0.602. The molecular weight excluding hydrogens is 372 g/mol. The van der Waals surface area contributed by atoms with Crippen molar-refractivity contribution in [3.63, 3.8) is 0 Å². The van der Waals surface area contributed by atoms with Gasteiger partial charge in [0.05, 0.1) is 30.7 Å². The SMILES string of the molecule is CCOc1ccccc1NC(=O)c1ccc(OCc2c(C)noc2C)c(OC)c1. The maximum atomic E-state index is 12.7. The van der Waals surface area contributed by atoms with Gasteiger partial charge in [-0.2, -0.15) is 0 Å². The van der Waals surface area contributed by atoms with Crippen molar-refractivity contribution in [1.82, 2.24) is 5.16 Å². The lowest BCUT2D eigenvalue weighted by molar-refractivity contribution is 0.102. The van der Waals surface area contributed by atoms with Crippen LogP contribution in [0, 0.1) is 13.8 Å². The van der Waals surface area contributed by atoms with Crippen molar-refractivity contribution in [2.45, 2.75) is 27.4 Å². The third-order valence-electron chi connectivity index (χ3n) is 4.41. The monoisotopic (exact) mass is 396 g/mol. The zero-order valence-corrected chi connectivity index (χ0v) is 16.9. The van der Waals surface area contributed by atoms with Crippen LogP contribution in [-0.4, -0.2) is 24.8 Å². The fourth-order valence-electron chi connectivity index (χ4n) is 2.83. The van der Waals surface area contributed by atoms with Gasteiger partial charge in [-0.05, 0) is 51.1 Å². The van der Waals surface area contributed by atoms with Gasteiger partial charge in [-0.15, -0.1) is 0 Å². The Balaban J connectivity index is 1.75. The van der Waals surface area contributed by atoms with Crippen molar-refractivity contribution in [1.29, 1.82) is 0 Å². The molecule has 1 amide bonds. The molecule has 2 aromatic carbocycles. The van der Waals surface area contributed by atoms with Crippen molar-refractivity contribution in [3.05, 3.63) is 65.0 Å². The molecule has 0 aliphatic heterocycles. The first-order valence-electron chi connectivity index (χ1n) is 9.29. The molecule has 0 saturated heterocycles. The molecule has 3 aromatic rings. The number of methoxy groups -OCH3 is 1. The van der Waals surface area contributed by atoms with Crippen LogP contribution in [0.25, 0.3) is 0 Å². The molecule has 0 unspecified atom stereocenters. The van der Waals surface area contributed by atoms with Crippen LogP contribution in [0.15, 0.2) is 47.0 Å². The number of para-hydroxylation sites is 2. The van der Waals surface area contributed by atoms with Crippen molar-refractivity contribution in [3.8, 4) is 17.2 Å². The van der Waals surface area contributed by atoms with Gasteiger partial charge in [0.2, 0.25) is 0 Å². The van der Waals surface area contributed by atoms with E-state index in [0.717, 1.165) is 11.3 Å². The lowest BCUT2D eigenvalue weighted by Gasteiger charge is -2.14. The average Bonchev–Trinajstić information content (AvgIpc) is 3.05. The predicted molar refractivity (Wildman–Crippen MR) is 109 cm³/mol. The summed E-state index contributed by atoms with van der Waals surface area (Å²) in [7, 11) is 1.53. The molecule has 0 aliphatic carbocycles. The van der Waals surface area contributed by atoms with Gasteiger partial charge in [0.1, 0.15) is 18.1 Å². The molecule has 1 N–H and O–H groups in total. The Morgan fingerprint density at radius 3 is 2.55 bits per heavy atom. The number of carbonyl (C=O) groups is 1. The summed E-state index contributed by atoms with van der Waals surface area (Å²) >= 11 is 0. The van der Waals surface area contributed by atoms with E-state index >= 15 is 0 Å². The van der Waals surface area contributed by atoms with Gasteiger partial charge in [0.25, 0.3) is 5.91 Å². The summed E-state index contributed by atoms with van der Waals surface area (Å²) in [5.41, 5.74) is 2.72. The summed E-state index contributed by atoms with van der Waals surface area (Å²) < 4.78 is 22.0. The number of nitrogens with one attached hydrogen (secondary N) is 1. The lowest BCUT2D eigenvalue weighted by Crippen LogP contribution is -2.13. The van der Waals surface area contributed by atoms with Crippen molar-refractivity contribution in [2.24, 2.45) is 0 Å². The highest BCUT2D eigenvalue weighted by molar-refractivity contribution is 6.05. The lowest BCUT2D eigenvalue weighted by atomic mass is 10.1. The second kappa shape index (κ2) is 9.14. The summed E-state index contributed by atoms with van der Waals surface area (Å²) in [6, 6.07) is 12.3. The number of anilines is 1. The molecule has 29 heavy (non-hydrogen) atoms. The number of aryl methyl sites for hydroxylation is 2. The Labute approximate surface area is 169 Å². The standard InChI is InChI=1S/C22H24N2O5/c1-5-27-19-9-7-6-8-18(19)23-22(25)16-10-11-20(21(12-16)26-4)28-13-17-14(2)24-29-15(17)3/h6-12H,5,13H2,1-4H3,(H,23,25). The zero-order chi connectivity index (χ0) is 20.8. The molecular formula is C22H24N2O5. The van der Waals surface area contributed by atoms with E-state index in [1.807, 2.05) is 39.0 Å². The van der Waals surface area contributed by atoms with Crippen LogP contribution in [0.4, 0.5) is 5.69 Å². The van der Waals surface area contributed by atoms with E-state index in [4.69, 9.17) is 18.7 Å². The van der Waals surface area contributed by atoms with Gasteiger partial charge in [0.15, 0.2) is 11.5 Å². The predicted octanol–water partition coefficient (Wildman–Crippen LogP) is 4.53. The molecule has 1 heterocycles. The maximum absolute atomic E-state index is 12.7. The van der Waals surface area contributed by atoms with E-state index in [2.05, 4.69) is 10.5 Å². The Hall–Kier alpha value is -3.48. The highest BCUT2D eigenvalue weighted by Crippen LogP contribution is 2.30. The van der Waals surface area contributed by atoms with E-state index in [1.165, 1.54) is 7.11 Å². The molecule has 7 heteroatoms. The molecule has 0 bridgehead atoms. The second-order valence-corrected chi connectivity index (χ2v) is 6.34. The number of nitrogens with zero attached hydrogens (tertiary/aromatic N) is 1. The van der Waals surface area contributed by atoms with Crippen molar-refractivity contribution >= 4 is 11.6 Å². The molecule has 0 fully saturated rings. The first-order chi connectivity index (χ1) is 14.0. The van der Waals surface area contributed by atoms with Gasteiger partial charge < -0.3 is 24.1 Å². The number of hydrogen-bond acceptors (Lipinski definition) is 6. The first kappa shape index (κ1) is 20.3. The highest BCUT2D eigenvalue weighted by Gasteiger charge is 2.15. The minimum Gasteiger partial charge on any atom is -0.493 e. The number of hydrogen-bond donors (Lipinski definition) is 1. The Kier molecular flexibility index (Phi) is 6.39. The van der Waals surface area contributed by atoms with Crippen LogP contribution in [0.2, 0.25) is 0 Å². The molecule has 1 aromatic heterocycles. The molecule has 0 saturated carbocycles. The molecule has 7 nitrogen and oxygen atoms in total. The Morgan fingerprint density at radius 1 is 1.07 bits per heavy atom. The van der Waals surface area contributed by atoms with Crippen LogP contribution in [0.5, 0.6) is 17.2 Å². The molecule has 3 rings (SSSR count). The van der Waals surface area contributed by atoms with Crippen LogP contribution >= 0.6 is 0 Å². The third kappa shape index (κ3) is 4.68. The average molecular weight is 396 g/mol. The summed E-state index contributed by atoms with van der Waals surface area (Å²) in [6.07, 6.45) is 0. The minimum atomic E-state index is -0.271.